The second kappa shape index (κ2) is 9.30. The van der Waals surface area contributed by atoms with Crippen molar-refractivity contribution in [2.24, 2.45) is 0 Å². The van der Waals surface area contributed by atoms with E-state index in [-0.39, 0.29) is 5.82 Å². The van der Waals surface area contributed by atoms with Crippen molar-refractivity contribution in [1.29, 1.82) is 0 Å². The molecule has 2 aromatic carbocycles. The van der Waals surface area contributed by atoms with Crippen molar-refractivity contribution in [1.82, 2.24) is 14.9 Å². The van der Waals surface area contributed by atoms with Gasteiger partial charge in [0, 0.05) is 38.8 Å². The van der Waals surface area contributed by atoms with E-state index in [2.05, 4.69) is 61.5 Å². The summed E-state index contributed by atoms with van der Waals surface area (Å²) in [5.41, 5.74) is 1.63. The molecule has 4 rings (SSSR count). The van der Waals surface area contributed by atoms with Crippen LogP contribution in [0.4, 0.5) is 21.7 Å². The Morgan fingerprint density at radius 3 is 2.48 bits per heavy atom. The Bertz CT molecular complexity index is 952. The van der Waals surface area contributed by atoms with Crippen molar-refractivity contribution in [2.45, 2.75) is 0 Å². The van der Waals surface area contributed by atoms with Gasteiger partial charge in [0.05, 0.1) is 5.69 Å². The van der Waals surface area contributed by atoms with E-state index in [4.69, 9.17) is 0 Å². The number of aromatic nitrogens is 2. The van der Waals surface area contributed by atoms with Gasteiger partial charge < -0.3 is 10.2 Å². The fourth-order valence-corrected chi connectivity index (χ4v) is 3.35. The maximum absolute atomic E-state index is 13.9. The zero-order valence-electron chi connectivity index (χ0n) is 16.2. The summed E-state index contributed by atoms with van der Waals surface area (Å²) in [5, 5.41) is 3.03. The number of nitrogens with zero attached hydrogens (tertiary/aromatic N) is 4. The quantitative estimate of drug-likeness (QED) is 0.685. The number of nitrogens with one attached hydrogen (secondary N) is 1. The van der Waals surface area contributed by atoms with Crippen molar-refractivity contribution in [2.75, 3.05) is 42.9 Å². The molecule has 0 unspecified atom stereocenters. The maximum Gasteiger partial charge on any atom is 0.146 e. The number of para-hydroxylation sites is 1. The molecule has 5 nitrogen and oxygen atoms in total. The van der Waals surface area contributed by atoms with Crippen LogP contribution < -0.4 is 10.2 Å². The molecule has 1 aromatic heterocycles. The highest BCUT2D eigenvalue weighted by molar-refractivity contribution is 5.59. The molecule has 29 heavy (non-hydrogen) atoms. The SMILES string of the molecule is Fc1ccccc1Nc1cc(N2CCN(C/C=C/c3ccccc3)CC2)ncn1. The second-order valence-corrected chi connectivity index (χ2v) is 6.97. The van der Waals surface area contributed by atoms with E-state index in [9.17, 15) is 4.39 Å². The normalized spacial score (nSPS) is 15.0. The molecule has 1 saturated heterocycles. The lowest BCUT2D eigenvalue weighted by Crippen LogP contribution is -2.46. The van der Waals surface area contributed by atoms with Crippen LogP contribution in [-0.2, 0) is 0 Å². The fourth-order valence-electron chi connectivity index (χ4n) is 3.35. The second-order valence-electron chi connectivity index (χ2n) is 6.97. The van der Waals surface area contributed by atoms with Crippen molar-refractivity contribution in [3.8, 4) is 0 Å². The van der Waals surface area contributed by atoms with E-state index in [1.165, 1.54) is 18.0 Å². The minimum atomic E-state index is -0.301. The van der Waals surface area contributed by atoms with E-state index in [0.717, 1.165) is 38.5 Å². The summed E-state index contributed by atoms with van der Waals surface area (Å²) in [5.74, 6) is 1.15. The molecule has 2 heterocycles. The van der Waals surface area contributed by atoms with Crippen molar-refractivity contribution in [3.63, 3.8) is 0 Å². The Morgan fingerprint density at radius 2 is 1.69 bits per heavy atom. The summed E-state index contributed by atoms with van der Waals surface area (Å²) < 4.78 is 13.9. The van der Waals surface area contributed by atoms with Gasteiger partial charge in [0.1, 0.15) is 23.8 Å². The van der Waals surface area contributed by atoms with Gasteiger partial charge in [-0.05, 0) is 17.7 Å². The molecule has 0 radical (unpaired) electrons. The third-order valence-electron chi connectivity index (χ3n) is 4.96. The van der Waals surface area contributed by atoms with Crippen LogP contribution in [0.2, 0.25) is 0 Å². The Kier molecular flexibility index (Phi) is 6.12. The zero-order chi connectivity index (χ0) is 19.9. The molecular formula is C23H24FN5. The molecule has 148 valence electrons. The molecule has 6 heteroatoms. The molecular weight excluding hydrogens is 365 g/mol. The first-order valence-corrected chi connectivity index (χ1v) is 9.80. The Balaban J connectivity index is 1.32. The van der Waals surface area contributed by atoms with Crippen LogP contribution >= 0.6 is 0 Å². The van der Waals surface area contributed by atoms with Gasteiger partial charge in [-0.25, -0.2) is 14.4 Å². The molecule has 0 amide bonds. The first-order valence-electron chi connectivity index (χ1n) is 9.80. The van der Waals surface area contributed by atoms with Crippen LogP contribution in [0.15, 0.2) is 73.1 Å². The minimum Gasteiger partial charge on any atom is -0.354 e. The highest BCUT2D eigenvalue weighted by atomic mass is 19.1. The number of benzene rings is 2. The topological polar surface area (TPSA) is 44.3 Å². The standard InChI is InChI=1S/C23H24FN5/c24-20-10-4-5-11-21(20)27-22-17-23(26-18-25-22)29-15-13-28(14-16-29)12-6-9-19-7-2-1-3-8-19/h1-11,17-18H,12-16H2,(H,25,26,27)/b9-6+. The zero-order valence-corrected chi connectivity index (χ0v) is 16.2. The molecule has 0 bridgehead atoms. The molecule has 1 N–H and O–H groups in total. The first-order chi connectivity index (χ1) is 14.3. The summed E-state index contributed by atoms with van der Waals surface area (Å²) in [7, 11) is 0. The van der Waals surface area contributed by atoms with Crippen LogP contribution in [0.5, 0.6) is 0 Å². The van der Waals surface area contributed by atoms with Crippen LogP contribution in [0.3, 0.4) is 0 Å². The minimum absolute atomic E-state index is 0.301. The molecule has 0 saturated carbocycles. The third-order valence-corrected chi connectivity index (χ3v) is 4.96. The van der Waals surface area contributed by atoms with E-state index in [1.54, 1.807) is 18.2 Å². The number of piperazine rings is 1. The van der Waals surface area contributed by atoms with Gasteiger partial charge in [-0.3, -0.25) is 4.90 Å². The average molecular weight is 389 g/mol. The number of rotatable bonds is 6. The van der Waals surface area contributed by atoms with Crippen LogP contribution in [0, 0.1) is 5.82 Å². The van der Waals surface area contributed by atoms with E-state index >= 15 is 0 Å². The monoisotopic (exact) mass is 389 g/mol. The first kappa shape index (κ1) is 19.1. The number of halogens is 1. The maximum atomic E-state index is 13.9. The summed E-state index contributed by atoms with van der Waals surface area (Å²) in [4.78, 5) is 13.3. The molecule has 0 spiro atoms. The predicted octanol–water partition coefficient (Wildman–Crippen LogP) is 4.19. The van der Waals surface area contributed by atoms with Crippen LogP contribution in [0.1, 0.15) is 5.56 Å². The fraction of sp³-hybridized carbons (Fsp3) is 0.217. The molecule has 1 aliphatic rings. The lowest BCUT2D eigenvalue weighted by atomic mass is 10.2. The van der Waals surface area contributed by atoms with Crippen molar-refractivity contribution in [3.05, 3.63) is 84.4 Å². The average Bonchev–Trinajstić information content (AvgIpc) is 2.77. The van der Waals surface area contributed by atoms with E-state index < -0.39 is 0 Å². The summed E-state index contributed by atoms with van der Waals surface area (Å²) in [6.45, 7) is 4.68. The summed E-state index contributed by atoms with van der Waals surface area (Å²) in [6, 6.07) is 18.8. The van der Waals surface area contributed by atoms with Gasteiger partial charge in [0.25, 0.3) is 0 Å². The number of hydrogen-bond donors (Lipinski definition) is 1. The van der Waals surface area contributed by atoms with Gasteiger partial charge in [-0.1, -0.05) is 54.6 Å². The van der Waals surface area contributed by atoms with Crippen molar-refractivity contribution >= 4 is 23.4 Å². The third kappa shape index (κ3) is 5.18. The smallest absolute Gasteiger partial charge is 0.146 e. The van der Waals surface area contributed by atoms with Gasteiger partial charge in [0.15, 0.2) is 0 Å². The predicted molar refractivity (Wildman–Crippen MR) is 116 cm³/mol. The highest BCUT2D eigenvalue weighted by Gasteiger charge is 2.17. The van der Waals surface area contributed by atoms with E-state index in [0.29, 0.717) is 11.5 Å². The van der Waals surface area contributed by atoms with Gasteiger partial charge in [0.2, 0.25) is 0 Å². The van der Waals surface area contributed by atoms with Gasteiger partial charge in [-0.2, -0.15) is 0 Å². The van der Waals surface area contributed by atoms with Crippen LogP contribution in [0.25, 0.3) is 6.08 Å². The Labute approximate surface area is 170 Å². The molecule has 0 atom stereocenters. The summed E-state index contributed by atoms with van der Waals surface area (Å²) >= 11 is 0. The molecule has 3 aromatic rings. The molecule has 1 aliphatic heterocycles. The van der Waals surface area contributed by atoms with Gasteiger partial charge >= 0.3 is 0 Å². The summed E-state index contributed by atoms with van der Waals surface area (Å²) in [6.07, 6.45) is 5.90. The lowest BCUT2D eigenvalue weighted by Gasteiger charge is -2.34. The number of hydrogen-bond acceptors (Lipinski definition) is 5. The molecule has 1 fully saturated rings. The Hall–Kier alpha value is -3.25. The van der Waals surface area contributed by atoms with Crippen molar-refractivity contribution < 1.29 is 4.39 Å². The lowest BCUT2D eigenvalue weighted by molar-refractivity contribution is 0.283. The largest absolute Gasteiger partial charge is 0.354 e. The highest BCUT2D eigenvalue weighted by Crippen LogP contribution is 2.21. The van der Waals surface area contributed by atoms with Crippen LogP contribution in [-0.4, -0.2) is 47.6 Å². The van der Waals surface area contributed by atoms with Gasteiger partial charge in [-0.15, -0.1) is 0 Å². The Morgan fingerprint density at radius 1 is 0.931 bits per heavy atom. The number of anilines is 3. The molecule has 0 aliphatic carbocycles. The van der Waals surface area contributed by atoms with E-state index in [1.807, 2.05) is 12.1 Å².